The third-order valence-electron chi connectivity index (χ3n) is 2.71. The van der Waals surface area contributed by atoms with Gasteiger partial charge in [0.25, 0.3) is 0 Å². The topological polar surface area (TPSA) is 29.5 Å². The predicted octanol–water partition coefficient (Wildman–Crippen LogP) is 2.65. The minimum atomic E-state index is 0.211. The van der Waals surface area contributed by atoms with Crippen LogP contribution in [0.4, 0.5) is 0 Å². The third-order valence-corrected chi connectivity index (χ3v) is 3.73. The van der Waals surface area contributed by atoms with Gasteiger partial charge in [-0.05, 0) is 25.2 Å². The summed E-state index contributed by atoms with van der Waals surface area (Å²) in [6.45, 7) is 4.34. The number of amides is 1. The molecule has 0 atom stereocenters. The fraction of sp³-hybridized carbons (Fsp3) is 0.889. The molecule has 0 bridgehead atoms. The first kappa shape index (κ1) is 12.6. The highest BCUT2D eigenvalue weighted by Crippen LogP contribution is 2.22. The van der Waals surface area contributed by atoms with Gasteiger partial charge >= 0.3 is 0 Å². The van der Waals surface area contributed by atoms with E-state index in [9.17, 15) is 4.79 Å². The highest BCUT2D eigenvalue weighted by molar-refractivity contribution is 14.2. The van der Waals surface area contributed by atoms with E-state index in [4.69, 9.17) is 4.18 Å². The number of likely N-dealkylation sites (tertiary alicyclic amines) is 1. The maximum atomic E-state index is 11.1. The first-order valence-electron chi connectivity index (χ1n) is 4.89. The minimum absolute atomic E-state index is 0.211. The summed E-state index contributed by atoms with van der Waals surface area (Å²) in [5.41, 5.74) is 0. The highest BCUT2D eigenvalue weighted by Gasteiger charge is 2.20. The number of nitrogens with zero attached hydrogens (tertiary/aromatic N) is 1. The van der Waals surface area contributed by atoms with Crippen LogP contribution in [0.5, 0.6) is 0 Å². The average Bonchev–Trinajstić information content (AvgIpc) is 2.19. The van der Waals surface area contributed by atoms with Crippen molar-refractivity contribution >= 4 is 36.3 Å². The molecule has 0 saturated carbocycles. The quantitative estimate of drug-likeness (QED) is 0.451. The lowest BCUT2D eigenvalue weighted by molar-refractivity contribution is -0.130. The van der Waals surface area contributed by atoms with Crippen LogP contribution >= 0.6 is 30.4 Å². The summed E-state index contributed by atoms with van der Waals surface area (Å²) in [7, 11) is 1.40. The molecule has 82 valence electrons. The summed E-state index contributed by atoms with van der Waals surface area (Å²) in [6, 6.07) is 0. The van der Waals surface area contributed by atoms with E-state index in [1.165, 1.54) is 9.21 Å². The lowest BCUT2D eigenvalue weighted by Crippen LogP contribution is -2.37. The van der Waals surface area contributed by atoms with E-state index >= 15 is 0 Å². The molecule has 0 aromatic rings. The fourth-order valence-corrected chi connectivity index (χ4v) is 2.48. The molecular formula is C9H16INO2S. The Kier molecular flexibility index (Phi) is 6.20. The zero-order valence-electron chi connectivity index (χ0n) is 8.37. The van der Waals surface area contributed by atoms with Crippen LogP contribution in [0, 0.1) is 5.92 Å². The molecular weight excluding hydrogens is 313 g/mol. The number of carbonyl (C=O) groups is 1. The van der Waals surface area contributed by atoms with Crippen LogP contribution in [-0.2, 0) is 8.98 Å². The van der Waals surface area contributed by atoms with Crippen molar-refractivity contribution in [2.24, 2.45) is 5.92 Å². The van der Waals surface area contributed by atoms with Gasteiger partial charge in [0.2, 0.25) is 5.91 Å². The van der Waals surface area contributed by atoms with Crippen LogP contribution in [0.2, 0.25) is 0 Å². The largest absolute Gasteiger partial charge is 0.343 e. The van der Waals surface area contributed by atoms with Gasteiger partial charge in [-0.25, -0.2) is 0 Å². The van der Waals surface area contributed by atoms with E-state index in [0.29, 0.717) is 0 Å². The van der Waals surface area contributed by atoms with Crippen LogP contribution in [0.15, 0.2) is 0 Å². The standard InChI is InChI=1S/C9H16INO2S/c1-8(12)11-5-2-9(3-6-11)4-7-13-14-10/h9H,2-7H2,1H3. The first-order valence-corrected chi connectivity index (χ1v) is 8.18. The molecule has 0 aliphatic carbocycles. The fourth-order valence-electron chi connectivity index (χ4n) is 1.78. The number of carbonyl (C=O) groups excluding carboxylic acids is 1. The van der Waals surface area contributed by atoms with Crippen molar-refractivity contribution < 1.29 is 8.98 Å². The summed E-state index contributed by atoms with van der Waals surface area (Å²) < 4.78 is 5.23. The second kappa shape index (κ2) is 6.90. The first-order chi connectivity index (χ1) is 6.74. The van der Waals surface area contributed by atoms with Gasteiger partial charge in [-0.1, -0.05) is 0 Å². The Bertz CT molecular complexity index is 184. The molecule has 1 aliphatic heterocycles. The Morgan fingerprint density at radius 1 is 1.57 bits per heavy atom. The minimum Gasteiger partial charge on any atom is -0.343 e. The smallest absolute Gasteiger partial charge is 0.219 e. The van der Waals surface area contributed by atoms with Gasteiger partial charge < -0.3 is 9.08 Å². The number of piperidine rings is 1. The molecule has 1 fully saturated rings. The summed E-state index contributed by atoms with van der Waals surface area (Å²) >= 11 is 2.14. The zero-order chi connectivity index (χ0) is 10.4. The Morgan fingerprint density at radius 3 is 2.71 bits per heavy atom. The molecule has 14 heavy (non-hydrogen) atoms. The van der Waals surface area contributed by atoms with E-state index in [1.54, 1.807) is 6.92 Å². The molecule has 0 spiro atoms. The van der Waals surface area contributed by atoms with Crippen LogP contribution in [0.25, 0.3) is 0 Å². The van der Waals surface area contributed by atoms with Gasteiger partial charge in [-0.15, -0.1) is 0 Å². The number of halogens is 1. The van der Waals surface area contributed by atoms with E-state index in [2.05, 4.69) is 21.2 Å². The van der Waals surface area contributed by atoms with Crippen LogP contribution in [-0.4, -0.2) is 30.5 Å². The molecule has 1 heterocycles. The van der Waals surface area contributed by atoms with Gasteiger partial charge in [-0.3, -0.25) is 4.79 Å². The Hall–Kier alpha value is 0.510. The van der Waals surface area contributed by atoms with Gasteiger partial charge in [0.05, 0.1) is 15.8 Å². The average molecular weight is 329 g/mol. The molecule has 1 saturated heterocycles. The lowest BCUT2D eigenvalue weighted by atomic mass is 9.94. The molecule has 0 aromatic heterocycles. The maximum absolute atomic E-state index is 11.1. The van der Waals surface area contributed by atoms with Gasteiger partial charge in [0.15, 0.2) is 0 Å². The highest BCUT2D eigenvalue weighted by atomic mass is 127. The molecule has 0 radical (unpaired) electrons. The summed E-state index contributed by atoms with van der Waals surface area (Å²) in [5, 5.41) is 0. The lowest BCUT2D eigenvalue weighted by Gasteiger charge is -2.31. The molecule has 0 unspecified atom stereocenters. The van der Waals surface area contributed by atoms with E-state index < -0.39 is 0 Å². The summed E-state index contributed by atoms with van der Waals surface area (Å²) in [5.74, 6) is 0.955. The van der Waals surface area contributed by atoms with Crippen LogP contribution < -0.4 is 0 Å². The predicted molar refractivity (Wildman–Crippen MR) is 67.2 cm³/mol. The Morgan fingerprint density at radius 2 is 2.21 bits per heavy atom. The van der Waals surface area contributed by atoms with E-state index in [0.717, 1.165) is 44.9 Å². The third kappa shape index (κ3) is 4.35. The summed E-state index contributed by atoms with van der Waals surface area (Å²) in [6.07, 6.45) is 3.39. The number of hydrogen-bond acceptors (Lipinski definition) is 3. The van der Waals surface area contributed by atoms with Crippen molar-refractivity contribution in [3.8, 4) is 0 Å². The van der Waals surface area contributed by atoms with Crippen molar-refractivity contribution in [3.05, 3.63) is 0 Å². The molecule has 0 aromatic carbocycles. The van der Waals surface area contributed by atoms with Gasteiger partial charge in [0, 0.05) is 41.2 Å². The monoisotopic (exact) mass is 329 g/mol. The molecule has 3 nitrogen and oxygen atoms in total. The Labute approximate surface area is 102 Å². The van der Waals surface area contributed by atoms with Crippen molar-refractivity contribution in [1.29, 1.82) is 0 Å². The second-order valence-electron chi connectivity index (χ2n) is 3.62. The SMILES string of the molecule is CC(=O)N1CCC(CCOSI)CC1. The van der Waals surface area contributed by atoms with Crippen molar-refractivity contribution in [2.45, 2.75) is 26.2 Å². The molecule has 0 N–H and O–H groups in total. The van der Waals surface area contributed by atoms with Crippen molar-refractivity contribution in [3.63, 3.8) is 0 Å². The normalized spacial score (nSPS) is 18.6. The molecule has 1 amide bonds. The maximum Gasteiger partial charge on any atom is 0.219 e. The second-order valence-corrected chi connectivity index (χ2v) is 5.06. The molecule has 1 rings (SSSR count). The number of rotatable bonds is 4. The molecule has 5 heteroatoms. The van der Waals surface area contributed by atoms with Crippen molar-refractivity contribution in [1.82, 2.24) is 4.90 Å². The van der Waals surface area contributed by atoms with Crippen LogP contribution in [0.1, 0.15) is 26.2 Å². The van der Waals surface area contributed by atoms with E-state index in [-0.39, 0.29) is 5.91 Å². The van der Waals surface area contributed by atoms with Gasteiger partial charge in [-0.2, -0.15) is 0 Å². The van der Waals surface area contributed by atoms with Crippen LogP contribution in [0.3, 0.4) is 0 Å². The van der Waals surface area contributed by atoms with E-state index in [1.807, 2.05) is 4.90 Å². The summed E-state index contributed by atoms with van der Waals surface area (Å²) in [4.78, 5) is 13.0. The number of hydrogen-bond donors (Lipinski definition) is 0. The Balaban J connectivity index is 2.12. The van der Waals surface area contributed by atoms with Gasteiger partial charge in [0.1, 0.15) is 0 Å². The zero-order valence-corrected chi connectivity index (χ0v) is 11.3. The molecule has 1 aliphatic rings. The van der Waals surface area contributed by atoms with Crippen molar-refractivity contribution in [2.75, 3.05) is 19.7 Å².